The first-order chi connectivity index (χ1) is 6.18. The average Bonchev–Trinajstić information content (AvgIpc) is 2.05. The highest BCUT2D eigenvalue weighted by Crippen LogP contribution is 2.16. The van der Waals surface area contributed by atoms with Crippen molar-refractivity contribution in [3.63, 3.8) is 0 Å². The first-order valence-corrected chi connectivity index (χ1v) is 5.53. The molecule has 0 unspecified atom stereocenters. The quantitative estimate of drug-likeness (QED) is 0.449. The molecule has 5 heteroatoms. The van der Waals surface area contributed by atoms with Gasteiger partial charge in [-0.15, -0.1) is 0 Å². The van der Waals surface area contributed by atoms with Crippen molar-refractivity contribution in [1.29, 1.82) is 0 Å². The van der Waals surface area contributed by atoms with E-state index in [9.17, 15) is 5.11 Å². The Morgan fingerprint density at radius 1 is 1.23 bits per heavy atom. The maximum absolute atomic E-state index is 9.69. The molecule has 0 aliphatic carbocycles. The Balaban J connectivity index is 3.76. The van der Waals surface area contributed by atoms with E-state index in [-0.39, 0.29) is 6.61 Å². The molecule has 0 aromatic rings. The van der Waals surface area contributed by atoms with Gasteiger partial charge in [0.1, 0.15) is 0 Å². The molecule has 0 atom stereocenters. The molecule has 4 nitrogen and oxygen atoms in total. The van der Waals surface area contributed by atoms with Crippen LogP contribution in [0.2, 0.25) is 0 Å². The smallest absolute Gasteiger partial charge is 0.289 e. The normalized spacial score (nSPS) is 12.0. The van der Waals surface area contributed by atoms with Crippen LogP contribution in [0.15, 0.2) is 0 Å². The summed E-state index contributed by atoms with van der Waals surface area (Å²) >= 11 is 1.39. The second kappa shape index (κ2) is 7.58. The van der Waals surface area contributed by atoms with Crippen molar-refractivity contribution in [3.05, 3.63) is 0 Å². The number of thioether (sulfide) groups is 1. The molecule has 0 rings (SSSR count). The van der Waals surface area contributed by atoms with Crippen LogP contribution in [-0.2, 0) is 9.47 Å². The number of hydrogen-bond donors (Lipinski definition) is 2. The summed E-state index contributed by atoms with van der Waals surface area (Å²) in [6, 6.07) is 0. The van der Waals surface area contributed by atoms with E-state index in [2.05, 4.69) is 0 Å². The largest absolute Gasteiger partial charge is 0.396 e. The molecule has 0 amide bonds. The number of ether oxygens (including phenoxy) is 2. The molecule has 2 N–H and O–H groups in total. The summed E-state index contributed by atoms with van der Waals surface area (Å²) in [5.41, 5.74) is 0. The van der Waals surface area contributed by atoms with Crippen LogP contribution in [0.4, 0.5) is 0 Å². The lowest BCUT2D eigenvalue weighted by Crippen LogP contribution is -2.38. The molecule has 0 saturated heterocycles. The van der Waals surface area contributed by atoms with Crippen LogP contribution in [-0.4, -0.2) is 47.5 Å². The van der Waals surface area contributed by atoms with Crippen LogP contribution in [0.3, 0.4) is 0 Å². The molecular formula is C8H18O4S. The second-order valence-corrected chi connectivity index (χ2v) is 3.46. The van der Waals surface area contributed by atoms with Crippen molar-refractivity contribution in [2.45, 2.75) is 19.8 Å². The molecule has 0 heterocycles. The summed E-state index contributed by atoms with van der Waals surface area (Å²) in [6.45, 7) is 4.48. The van der Waals surface area contributed by atoms with E-state index in [0.717, 1.165) is 0 Å². The molecule has 0 aliphatic rings. The number of aliphatic hydroxyl groups is 2. The van der Waals surface area contributed by atoms with Crippen molar-refractivity contribution < 1.29 is 19.7 Å². The standard InChI is InChI=1S/C8H18O4S/c1-3-11-8(10,12-4-2)7-13-6-5-9/h9-10H,3-7H2,1-2H3. The molecule has 0 aromatic heterocycles. The highest BCUT2D eigenvalue weighted by molar-refractivity contribution is 7.99. The van der Waals surface area contributed by atoms with E-state index in [4.69, 9.17) is 14.6 Å². The van der Waals surface area contributed by atoms with E-state index in [1.165, 1.54) is 11.8 Å². The molecule has 0 fully saturated rings. The van der Waals surface area contributed by atoms with Gasteiger partial charge >= 0.3 is 0 Å². The van der Waals surface area contributed by atoms with Crippen molar-refractivity contribution in [3.8, 4) is 0 Å². The Hall–Kier alpha value is 0.190. The number of hydrogen-bond acceptors (Lipinski definition) is 5. The van der Waals surface area contributed by atoms with E-state index in [1.54, 1.807) is 13.8 Å². The number of aliphatic hydroxyl groups excluding tert-OH is 1. The third-order valence-electron chi connectivity index (χ3n) is 1.26. The third-order valence-corrected chi connectivity index (χ3v) is 2.30. The highest BCUT2D eigenvalue weighted by Gasteiger charge is 2.27. The minimum Gasteiger partial charge on any atom is -0.396 e. The molecule has 0 bridgehead atoms. The fourth-order valence-electron chi connectivity index (χ4n) is 0.842. The molecule has 0 saturated carbocycles. The fourth-order valence-corrected chi connectivity index (χ4v) is 1.54. The summed E-state index contributed by atoms with van der Waals surface area (Å²) in [5, 5.41) is 18.2. The molecular weight excluding hydrogens is 192 g/mol. The topological polar surface area (TPSA) is 58.9 Å². The minimum atomic E-state index is -1.50. The lowest BCUT2D eigenvalue weighted by Gasteiger charge is -2.26. The predicted molar refractivity (Wildman–Crippen MR) is 52.6 cm³/mol. The molecule has 0 radical (unpaired) electrons. The van der Waals surface area contributed by atoms with Crippen molar-refractivity contribution >= 4 is 11.8 Å². The SMILES string of the molecule is CCOC(O)(CSCCO)OCC. The molecule has 13 heavy (non-hydrogen) atoms. The van der Waals surface area contributed by atoms with E-state index >= 15 is 0 Å². The summed E-state index contributed by atoms with van der Waals surface area (Å²) in [6.07, 6.45) is 0. The van der Waals surface area contributed by atoms with Gasteiger partial charge < -0.3 is 19.7 Å². The molecule has 0 aromatic carbocycles. The predicted octanol–water partition coefficient (Wildman–Crippen LogP) is 0.431. The zero-order chi connectivity index (χ0) is 10.2. The Morgan fingerprint density at radius 3 is 2.15 bits per heavy atom. The monoisotopic (exact) mass is 210 g/mol. The van der Waals surface area contributed by atoms with E-state index in [0.29, 0.717) is 24.7 Å². The zero-order valence-electron chi connectivity index (χ0n) is 8.15. The lowest BCUT2D eigenvalue weighted by molar-refractivity contribution is -0.342. The summed E-state index contributed by atoms with van der Waals surface area (Å²) in [4.78, 5) is 0. The van der Waals surface area contributed by atoms with Gasteiger partial charge in [0.05, 0.1) is 12.4 Å². The first kappa shape index (κ1) is 13.2. The zero-order valence-corrected chi connectivity index (χ0v) is 8.97. The van der Waals surface area contributed by atoms with Gasteiger partial charge in [0.2, 0.25) is 0 Å². The maximum Gasteiger partial charge on any atom is 0.289 e. The molecule has 0 spiro atoms. The Labute approximate surface area is 83.2 Å². The number of rotatable bonds is 8. The maximum atomic E-state index is 9.69. The lowest BCUT2D eigenvalue weighted by atomic mass is 10.6. The van der Waals surface area contributed by atoms with Gasteiger partial charge in [-0.2, -0.15) is 11.8 Å². The van der Waals surface area contributed by atoms with Crippen LogP contribution in [0.1, 0.15) is 13.8 Å². The van der Waals surface area contributed by atoms with Crippen molar-refractivity contribution in [2.75, 3.05) is 31.3 Å². The first-order valence-electron chi connectivity index (χ1n) is 4.37. The van der Waals surface area contributed by atoms with Gasteiger partial charge in [0.15, 0.2) is 0 Å². The van der Waals surface area contributed by atoms with Gasteiger partial charge in [-0.05, 0) is 13.8 Å². The summed E-state index contributed by atoms with van der Waals surface area (Å²) in [5.74, 6) is -0.610. The second-order valence-electron chi connectivity index (χ2n) is 2.35. The van der Waals surface area contributed by atoms with E-state index < -0.39 is 5.97 Å². The van der Waals surface area contributed by atoms with Gasteiger partial charge in [-0.25, -0.2) is 0 Å². The van der Waals surface area contributed by atoms with Crippen molar-refractivity contribution in [2.24, 2.45) is 0 Å². The van der Waals surface area contributed by atoms with Crippen LogP contribution in [0, 0.1) is 0 Å². The fraction of sp³-hybridized carbons (Fsp3) is 1.00. The summed E-state index contributed by atoms with van der Waals surface area (Å²) < 4.78 is 10.1. The third kappa shape index (κ3) is 6.29. The van der Waals surface area contributed by atoms with Crippen molar-refractivity contribution in [1.82, 2.24) is 0 Å². The van der Waals surface area contributed by atoms with Crippen LogP contribution in [0.5, 0.6) is 0 Å². The average molecular weight is 210 g/mol. The molecule has 0 aliphatic heterocycles. The highest BCUT2D eigenvalue weighted by atomic mass is 32.2. The van der Waals surface area contributed by atoms with Crippen LogP contribution in [0.25, 0.3) is 0 Å². The van der Waals surface area contributed by atoms with Gasteiger partial charge in [-0.1, -0.05) is 0 Å². The van der Waals surface area contributed by atoms with E-state index in [1.807, 2.05) is 0 Å². The Morgan fingerprint density at radius 2 is 1.77 bits per heavy atom. The van der Waals surface area contributed by atoms with Crippen LogP contribution < -0.4 is 0 Å². The van der Waals surface area contributed by atoms with Gasteiger partial charge in [-0.3, -0.25) is 0 Å². The van der Waals surface area contributed by atoms with Crippen LogP contribution >= 0.6 is 11.8 Å². The minimum absolute atomic E-state index is 0.0962. The van der Waals surface area contributed by atoms with Gasteiger partial charge in [0, 0.05) is 19.0 Å². The Bertz CT molecular complexity index is 115. The Kier molecular flexibility index (Phi) is 7.69. The summed E-state index contributed by atoms with van der Waals surface area (Å²) in [7, 11) is 0. The van der Waals surface area contributed by atoms with Gasteiger partial charge in [0.25, 0.3) is 5.97 Å². The molecule has 80 valence electrons.